The first-order valence-corrected chi connectivity index (χ1v) is 8.82. The highest BCUT2D eigenvalue weighted by molar-refractivity contribution is 6.83. The Morgan fingerprint density at radius 2 is 1.69 bits per heavy atom. The van der Waals surface area contributed by atoms with Gasteiger partial charge in [-0.25, -0.2) is 0 Å². The summed E-state index contributed by atoms with van der Waals surface area (Å²) in [5, 5.41) is 0. The van der Waals surface area contributed by atoms with Gasteiger partial charge < -0.3 is 0 Å². The maximum Gasteiger partial charge on any atom is 0.130 e. The van der Waals surface area contributed by atoms with Crippen LogP contribution in [0.5, 0.6) is 0 Å². The maximum atomic E-state index is 3.20. The summed E-state index contributed by atoms with van der Waals surface area (Å²) in [4.78, 5) is 0. The van der Waals surface area contributed by atoms with Crippen molar-refractivity contribution in [1.29, 1.82) is 0 Å². The van der Waals surface area contributed by atoms with Gasteiger partial charge in [0.15, 0.2) is 0 Å². The first kappa shape index (κ1) is 12.4. The molecule has 0 saturated carbocycles. The second kappa shape index (κ2) is 6.01. The van der Waals surface area contributed by atoms with Gasteiger partial charge in [0.2, 0.25) is 0 Å². The van der Waals surface area contributed by atoms with Gasteiger partial charge >= 0.3 is 0 Å². The molecule has 0 aromatic heterocycles. The molecular weight excluding hydrogens is 208 g/mol. The van der Waals surface area contributed by atoms with Crippen LogP contribution in [0.1, 0.15) is 5.56 Å². The summed E-state index contributed by atoms with van der Waals surface area (Å²) >= 11 is 0. The van der Waals surface area contributed by atoms with E-state index in [-0.39, 0.29) is 0 Å². The van der Waals surface area contributed by atoms with E-state index in [1.54, 1.807) is 0 Å². The SMILES string of the molecule is C[Si](C)(C)C#CC#C/C=C/c1ccccc1. The van der Waals surface area contributed by atoms with Crippen molar-refractivity contribution in [2.75, 3.05) is 0 Å². The molecular formula is C15H16Si. The van der Waals surface area contributed by atoms with Gasteiger partial charge in [-0.3, -0.25) is 0 Å². The van der Waals surface area contributed by atoms with Crippen LogP contribution in [0.3, 0.4) is 0 Å². The second-order valence-corrected chi connectivity index (χ2v) is 9.26. The summed E-state index contributed by atoms with van der Waals surface area (Å²) in [7, 11) is -1.27. The average Bonchev–Trinajstić information content (AvgIpc) is 2.23. The molecule has 0 radical (unpaired) electrons. The van der Waals surface area contributed by atoms with Crippen LogP contribution in [0.25, 0.3) is 6.08 Å². The fourth-order valence-electron chi connectivity index (χ4n) is 0.999. The Hall–Kier alpha value is -1.70. The minimum atomic E-state index is -1.27. The van der Waals surface area contributed by atoms with Gasteiger partial charge in [0, 0.05) is 0 Å². The van der Waals surface area contributed by atoms with E-state index in [1.165, 1.54) is 0 Å². The number of benzene rings is 1. The fourth-order valence-corrected chi connectivity index (χ4v) is 1.44. The Morgan fingerprint density at radius 1 is 1.00 bits per heavy atom. The van der Waals surface area contributed by atoms with Crippen LogP contribution in [0.4, 0.5) is 0 Å². The fraction of sp³-hybridized carbons (Fsp3) is 0.200. The normalized spacial score (nSPS) is 10.2. The van der Waals surface area contributed by atoms with Crippen molar-refractivity contribution in [3.05, 3.63) is 42.0 Å². The quantitative estimate of drug-likeness (QED) is 0.505. The molecule has 0 atom stereocenters. The molecule has 0 heterocycles. The van der Waals surface area contributed by atoms with Gasteiger partial charge in [-0.15, -0.1) is 5.54 Å². The summed E-state index contributed by atoms with van der Waals surface area (Å²) < 4.78 is 0. The number of rotatable bonds is 1. The zero-order valence-corrected chi connectivity index (χ0v) is 11.0. The van der Waals surface area contributed by atoms with Crippen molar-refractivity contribution in [2.24, 2.45) is 0 Å². The summed E-state index contributed by atoms with van der Waals surface area (Å²) in [6.45, 7) is 6.63. The minimum Gasteiger partial charge on any atom is -0.118 e. The lowest BCUT2D eigenvalue weighted by molar-refractivity contribution is 1.66. The van der Waals surface area contributed by atoms with E-state index in [4.69, 9.17) is 0 Å². The molecule has 16 heavy (non-hydrogen) atoms. The Labute approximate surface area is 99.4 Å². The highest BCUT2D eigenvalue weighted by Crippen LogP contribution is 1.99. The Balaban J connectivity index is 2.55. The molecule has 0 bridgehead atoms. The van der Waals surface area contributed by atoms with Crippen molar-refractivity contribution in [3.8, 4) is 23.3 Å². The van der Waals surface area contributed by atoms with E-state index >= 15 is 0 Å². The third-order valence-corrected chi connectivity index (χ3v) is 2.61. The topological polar surface area (TPSA) is 0 Å². The lowest BCUT2D eigenvalue weighted by Crippen LogP contribution is -2.16. The van der Waals surface area contributed by atoms with Gasteiger partial charge in [-0.05, 0) is 29.6 Å². The zero-order valence-electron chi connectivity index (χ0n) is 10.0. The number of hydrogen-bond acceptors (Lipinski definition) is 0. The predicted molar refractivity (Wildman–Crippen MR) is 74.4 cm³/mol. The highest BCUT2D eigenvalue weighted by atomic mass is 28.3. The van der Waals surface area contributed by atoms with Gasteiger partial charge in [-0.2, -0.15) is 0 Å². The number of hydrogen-bond donors (Lipinski definition) is 0. The van der Waals surface area contributed by atoms with Gasteiger partial charge in [0.1, 0.15) is 8.07 Å². The summed E-state index contributed by atoms with van der Waals surface area (Å²) in [6, 6.07) is 10.1. The molecule has 1 heteroatoms. The van der Waals surface area contributed by atoms with Crippen LogP contribution < -0.4 is 0 Å². The van der Waals surface area contributed by atoms with Crippen molar-refractivity contribution in [2.45, 2.75) is 19.6 Å². The largest absolute Gasteiger partial charge is 0.130 e. The summed E-state index contributed by atoms with van der Waals surface area (Å²) in [6.07, 6.45) is 3.83. The molecule has 0 spiro atoms. The smallest absolute Gasteiger partial charge is 0.118 e. The van der Waals surface area contributed by atoms with Crippen LogP contribution in [0.2, 0.25) is 19.6 Å². The Kier molecular flexibility index (Phi) is 4.64. The van der Waals surface area contributed by atoms with E-state index < -0.39 is 8.07 Å². The number of allylic oxidation sites excluding steroid dienone is 1. The van der Waals surface area contributed by atoms with Crippen molar-refractivity contribution >= 4 is 14.1 Å². The molecule has 0 amide bonds. The standard InChI is InChI=1S/C15H16Si/c1-16(2,3)14-10-5-4-7-11-15-12-8-6-9-13-15/h6-9,11-13H,1-3H3/b11-7+. The van der Waals surface area contributed by atoms with E-state index in [2.05, 4.69) is 42.9 Å². The van der Waals surface area contributed by atoms with Crippen LogP contribution in [-0.2, 0) is 0 Å². The Morgan fingerprint density at radius 3 is 2.31 bits per heavy atom. The molecule has 0 unspecified atom stereocenters. The maximum absolute atomic E-state index is 3.20. The Bertz CT molecular complexity index is 467. The zero-order chi connectivity index (χ0) is 11.9. The second-order valence-electron chi connectivity index (χ2n) is 4.51. The lowest BCUT2D eigenvalue weighted by Gasteiger charge is -2.01. The van der Waals surface area contributed by atoms with E-state index in [0.717, 1.165) is 5.56 Å². The molecule has 0 aliphatic rings. The van der Waals surface area contributed by atoms with E-state index in [0.29, 0.717) is 0 Å². The van der Waals surface area contributed by atoms with Crippen molar-refractivity contribution < 1.29 is 0 Å². The molecule has 0 nitrogen and oxygen atoms in total. The summed E-state index contributed by atoms with van der Waals surface area (Å²) in [5.41, 5.74) is 4.36. The van der Waals surface area contributed by atoms with Crippen molar-refractivity contribution in [3.63, 3.8) is 0 Å². The molecule has 0 fully saturated rings. The summed E-state index contributed by atoms with van der Waals surface area (Å²) in [5.74, 6) is 8.68. The highest BCUT2D eigenvalue weighted by Gasteiger charge is 2.06. The van der Waals surface area contributed by atoms with Crippen LogP contribution in [0.15, 0.2) is 36.4 Å². The first-order chi connectivity index (χ1) is 7.58. The monoisotopic (exact) mass is 224 g/mol. The average molecular weight is 224 g/mol. The van der Waals surface area contributed by atoms with Crippen LogP contribution >= 0.6 is 0 Å². The molecule has 0 aliphatic heterocycles. The molecule has 80 valence electrons. The molecule has 0 saturated heterocycles. The van der Waals surface area contributed by atoms with Crippen molar-refractivity contribution in [1.82, 2.24) is 0 Å². The van der Waals surface area contributed by atoms with E-state index in [9.17, 15) is 0 Å². The van der Waals surface area contributed by atoms with Gasteiger partial charge in [0.05, 0.1) is 0 Å². The first-order valence-electron chi connectivity index (χ1n) is 5.32. The third-order valence-electron chi connectivity index (χ3n) is 1.73. The molecule has 1 aromatic rings. The van der Waals surface area contributed by atoms with Crippen LogP contribution in [0, 0.1) is 23.3 Å². The molecule has 1 rings (SSSR count). The predicted octanol–water partition coefficient (Wildman–Crippen LogP) is 3.58. The lowest BCUT2D eigenvalue weighted by atomic mass is 10.2. The van der Waals surface area contributed by atoms with Gasteiger partial charge in [0.25, 0.3) is 0 Å². The third kappa shape index (κ3) is 5.91. The molecule has 0 aliphatic carbocycles. The molecule has 0 N–H and O–H groups in total. The van der Waals surface area contributed by atoms with Crippen LogP contribution in [-0.4, -0.2) is 8.07 Å². The molecule has 1 aromatic carbocycles. The van der Waals surface area contributed by atoms with Gasteiger partial charge in [-0.1, -0.05) is 55.9 Å². The van der Waals surface area contributed by atoms with E-state index in [1.807, 2.05) is 42.5 Å². The minimum absolute atomic E-state index is 1.16.